The molecular formula is C10H18BrN. The van der Waals surface area contributed by atoms with E-state index in [0.717, 1.165) is 11.3 Å². The molecular weight excluding hydrogens is 214 g/mol. The maximum atomic E-state index is 3.61. The van der Waals surface area contributed by atoms with Crippen molar-refractivity contribution in [1.29, 1.82) is 0 Å². The summed E-state index contributed by atoms with van der Waals surface area (Å²) >= 11 is 3.61. The van der Waals surface area contributed by atoms with Crippen LogP contribution in [0, 0.1) is 11.3 Å². The number of hydrogen-bond acceptors (Lipinski definition) is 1. The van der Waals surface area contributed by atoms with Crippen molar-refractivity contribution in [2.45, 2.75) is 25.7 Å². The van der Waals surface area contributed by atoms with Gasteiger partial charge in [0, 0.05) is 11.9 Å². The zero-order chi connectivity index (χ0) is 8.60. The lowest BCUT2D eigenvalue weighted by Crippen LogP contribution is -2.22. The highest BCUT2D eigenvalue weighted by molar-refractivity contribution is 9.09. The van der Waals surface area contributed by atoms with Crippen LogP contribution in [-0.4, -0.2) is 30.4 Å². The van der Waals surface area contributed by atoms with Gasteiger partial charge in [0.2, 0.25) is 0 Å². The Morgan fingerprint density at radius 3 is 2.83 bits per heavy atom. The SMILES string of the molecule is CN1CC[C@]2(CC[C@@H](CBr)C2)C1. The van der Waals surface area contributed by atoms with Crippen molar-refractivity contribution in [3.05, 3.63) is 0 Å². The van der Waals surface area contributed by atoms with E-state index in [1.165, 1.54) is 44.1 Å². The first-order valence-electron chi connectivity index (χ1n) is 4.99. The summed E-state index contributed by atoms with van der Waals surface area (Å²) in [5.41, 5.74) is 0.729. The first-order valence-corrected chi connectivity index (χ1v) is 6.11. The second-order valence-corrected chi connectivity index (χ2v) is 5.40. The molecule has 2 fully saturated rings. The maximum Gasteiger partial charge on any atom is 0.00598 e. The highest BCUT2D eigenvalue weighted by Gasteiger charge is 2.42. The number of rotatable bonds is 1. The van der Waals surface area contributed by atoms with E-state index < -0.39 is 0 Å². The van der Waals surface area contributed by atoms with E-state index in [1.807, 2.05) is 0 Å². The van der Waals surface area contributed by atoms with Crippen LogP contribution in [0.25, 0.3) is 0 Å². The van der Waals surface area contributed by atoms with Gasteiger partial charge in [-0.05, 0) is 50.6 Å². The number of nitrogens with zero attached hydrogens (tertiary/aromatic N) is 1. The van der Waals surface area contributed by atoms with Crippen molar-refractivity contribution in [2.24, 2.45) is 11.3 Å². The summed E-state index contributed by atoms with van der Waals surface area (Å²) in [7, 11) is 2.26. The molecule has 0 amide bonds. The van der Waals surface area contributed by atoms with Gasteiger partial charge in [0.05, 0.1) is 0 Å². The summed E-state index contributed by atoms with van der Waals surface area (Å²) < 4.78 is 0. The Labute approximate surface area is 83.6 Å². The van der Waals surface area contributed by atoms with Crippen LogP contribution >= 0.6 is 15.9 Å². The molecule has 0 aromatic rings. The van der Waals surface area contributed by atoms with Crippen LogP contribution in [0.5, 0.6) is 0 Å². The van der Waals surface area contributed by atoms with Gasteiger partial charge in [-0.25, -0.2) is 0 Å². The Morgan fingerprint density at radius 2 is 2.33 bits per heavy atom. The van der Waals surface area contributed by atoms with Crippen molar-refractivity contribution >= 4 is 15.9 Å². The van der Waals surface area contributed by atoms with Crippen LogP contribution in [0.3, 0.4) is 0 Å². The van der Waals surface area contributed by atoms with Crippen molar-refractivity contribution in [3.8, 4) is 0 Å². The molecule has 0 radical (unpaired) electrons. The summed E-state index contributed by atoms with van der Waals surface area (Å²) in [6, 6.07) is 0. The Kier molecular flexibility index (Phi) is 2.48. The molecule has 1 aliphatic carbocycles. The monoisotopic (exact) mass is 231 g/mol. The summed E-state index contributed by atoms with van der Waals surface area (Å²) in [5.74, 6) is 0.969. The Bertz CT molecular complexity index is 171. The van der Waals surface area contributed by atoms with Crippen molar-refractivity contribution < 1.29 is 0 Å². The van der Waals surface area contributed by atoms with Gasteiger partial charge in [-0.1, -0.05) is 15.9 Å². The van der Waals surface area contributed by atoms with Gasteiger partial charge < -0.3 is 4.90 Å². The molecule has 0 unspecified atom stereocenters. The van der Waals surface area contributed by atoms with E-state index in [1.54, 1.807) is 0 Å². The quantitative estimate of drug-likeness (QED) is 0.628. The first-order chi connectivity index (χ1) is 5.74. The van der Waals surface area contributed by atoms with E-state index in [-0.39, 0.29) is 0 Å². The molecule has 2 rings (SSSR count). The van der Waals surface area contributed by atoms with Gasteiger partial charge in [0.25, 0.3) is 0 Å². The van der Waals surface area contributed by atoms with Gasteiger partial charge in [-0.15, -0.1) is 0 Å². The third-order valence-electron chi connectivity index (χ3n) is 3.65. The van der Waals surface area contributed by atoms with Crippen LogP contribution in [0.1, 0.15) is 25.7 Å². The average molecular weight is 232 g/mol. The minimum Gasteiger partial charge on any atom is -0.306 e. The number of likely N-dealkylation sites (tertiary alicyclic amines) is 1. The zero-order valence-electron chi connectivity index (χ0n) is 7.85. The molecule has 1 heterocycles. The fourth-order valence-electron chi connectivity index (χ4n) is 2.99. The van der Waals surface area contributed by atoms with Crippen molar-refractivity contribution in [2.75, 3.05) is 25.5 Å². The Hall–Kier alpha value is 0.440. The average Bonchev–Trinajstić information content (AvgIpc) is 2.61. The third kappa shape index (κ3) is 1.56. The molecule has 2 heteroatoms. The maximum absolute atomic E-state index is 3.61. The smallest absolute Gasteiger partial charge is 0.00598 e. The first kappa shape index (κ1) is 9.01. The van der Waals surface area contributed by atoms with E-state index in [9.17, 15) is 0 Å². The fourth-order valence-corrected chi connectivity index (χ4v) is 3.54. The van der Waals surface area contributed by atoms with Gasteiger partial charge >= 0.3 is 0 Å². The second-order valence-electron chi connectivity index (χ2n) is 4.75. The number of hydrogen-bond donors (Lipinski definition) is 0. The molecule has 1 nitrogen and oxygen atoms in total. The van der Waals surface area contributed by atoms with Crippen LogP contribution in [0.15, 0.2) is 0 Å². The molecule has 12 heavy (non-hydrogen) atoms. The van der Waals surface area contributed by atoms with E-state index in [2.05, 4.69) is 27.9 Å². The number of alkyl halides is 1. The Balaban J connectivity index is 1.97. The van der Waals surface area contributed by atoms with Crippen LogP contribution < -0.4 is 0 Å². The molecule has 70 valence electrons. The summed E-state index contributed by atoms with van der Waals surface area (Å²) in [6.07, 6.45) is 5.86. The molecule has 0 aromatic carbocycles. The predicted octanol–water partition coefficient (Wildman–Crippen LogP) is 2.50. The molecule has 0 bridgehead atoms. The van der Waals surface area contributed by atoms with Crippen molar-refractivity contribution in [3.63, 3.8) is 0 Å². The zero-order valence-corrected chi connectivity index (χ0v) is 9.44. The molecule has 2 atom stereocenters. The molecule has 1 saturated carbocycles. The highest BCUT2D eigenvalue weighted by atomic mass is 79.9. The lowest BCUT2D eigenvalue weighted by Gasteiger charge is -2.22. The van der Waals surface area contributed by atoms with Gasteiger partial charge in [0.1, 0.15) is 0 Å². The minimum atomic E-state index is 0.729. The molecule has 1 spiro atoms. The van der Waals surface area contributed by atoms with Crippen molar-refractivity contribution in [1.82, 2.24) is 4.90 Å². The topological polar surface area (TPSA) is 3.24 Å². The highest BCUT2D eigenvalue weighted by Crippen LogP contribution is 2.47. The molecule has 1 saturated heterocycles. The summed E-state index contributed by atoms with van der Waals surface area (Å²) in [6.45, 7) is 2.69. The lowest BCUT2D eigenvalue weighted by molar-refractivity contribution is 0.282. The normalized spacial score (nSPS) is 43.0. The van der Waals surface area contributed by atoms with Crippen LogP contribution in [0.2, 0.25) is 0 Å². The third-order valence-corrected chi connectivity index (χ3v) is 4.57. The second kappa shape index (κ2) is 3.30. The van der Waals surface area contributed by atoms with Gasteiger partial charge in [0.15, 0.2) is 0 Å². The van der Waals surface area contributed by atoms with Crippen LogP contribution in [0.4, 0.5) is 0 Å². The fraction of sp³-hybridized carbons (Fsp3) is 1.00. The van der Waals surface area contributed by atoms with E-state index in [4.69, 9.17) is 0 Å². The van der Waals surface area contributed by atoms with E-state index >= 15 is 0 Å². The molecule has 1 aliphatic heterocycles. The molecule has 2 aliphatic rings. The summed E-state index contributed by atoms with van der Waals surface area (Å²) in [4.78, 5) is 2.50. The molecule has 0 N–H and O–H groups in total. The minimum absolute atomic E-state index is 0.729. The standard InChI is InChI=1S/C10H18BrN/c1-12-5-4-10(8-12)3-2-9(6-10)7-11/h9H,2-8H2,1H3/t9-,10+/m1/s1. The largest absolute Gasteiger partial charge is 0.306 e. The molecule has 0 aromatic heterocycles. The number of halogens is 1. The van der Waals surface area contributed by atoms with Gasteiger partial charge in [-0.3, -0.25) is 0 Å². The van der Waals surface area contributed by atoms with Gasteiger partial charge in [-0.2, -0.15) is 0 Å². The lowest BCUT2D eigenvalue weighted by atomic mass is 9.85. The predicted molar refractivity (Wildman–Crippen MR) is 55.7 cm³/mol. The Morgan fingerprint density at radius 1 is 1.50 bits per heavy atom. The van der Waals surface area contributed by atoms with Crippen LogP contribution in [-0.2, 0) is 0 Å². The summed E-state index contributed by atoms with van der Waals surface area (Å²) in [5, 5.41) is 1.22. The van der Waals surface area contributed by atoms with E-state index in [0.29, 0.717) is 0 Å².